The van der Waals surface area contributed by atoms with E-state index in [0.29, 0.717) is 5.92 Å². The van der Waals surface area contributed by atoms with Crippen LogP contribution in [0.2, 0.25) is 0 Å². The number of benzene rings is 2. The second kappa shape index (κ2) is 6.44. The van der Waals surface area contributed by atoms with Gasteiger partial charge in [-0.05, 0) is 41.7 Å². The molecule has 0 saturated carbocycles. The fourth-order valence-electron chi connectivity index (χ4n) is 2.29. The average Bonchev–Trinajstić information content (AvgIpc) is 2.44. The van der Waals surface area contributed by atoms with E-state index in [-0.39, 0.29) is 5.91 Å². The summed E-state index contributed by atoms with van der Waals surface area (Å²) in [5.41, 5.74) is 9.71. The van der Waals surface area contributed by atoms with Crippen LogP contribution in [0.1, 0.15) is 42.5 Å². The highest BCUT2D eigenvalue weighted by molar-refractivity contribution is 5.84. The van der Waals surface area contributed by atoms with Gasteiger partial charge < -0.3 is 11.1 Å². The van der Waals surface area contributed by atoms with Gasteiger partial charge >= 0.3 is 0 Å². The molecule has 0 spiro atoms. The van der Waals surface area contributed by atoms with Crippen molar-refractivity contribution in [3.8, 4) is 0 Å². The molecule has 0 aromatic heterocycles. The average molecular weight is 282 g/mol. The predicted octanol–water partition coefficient (Wildman–Crippen LogP) is 3.76. The molecule has 3 nitrogen and oxygen atoms in total. The first kappa shape index (κ1) is 15.1. The maximum atomic E-state index is 11.8. The number of primary amides is 1. The van der Waals surface area contributed by atoms with Crippen LogP contribution in [0, 0.1) is 6.92 Å². The largest absolute Gasteiger partial charge is 0.370 e. The van der Waals surface area contributed by atoms with Gasteiger partial charge in [0.2, 0.25) is 5.91 Å². The van der Waals surface area contributed by atoms with Crippen LogP contribution in [0.5, 0.6) is 0 Å². The molecule has 3 N–H and O–H groups in total. The molecule has 2 rings (SSSR count). The van der Waals surface area contributed by atoms with Crippen LogP contribution in [0.4, 0.5) is 5.69 Å². The number of nitrogens with two attached hydrogens (primary N) is 1. The lowest BCUT2D eigenvalue weighted by Gasteiger charge is -2.18. The van der Waals surface area contributed by atoms with Crippen LogP contribution in [0.25, 0.3) is 0 Å². The number of carbonyl (C=O) groups excluding carboxylic acids is 1. The van der Waals surface area contributed by atoms with E-state index in [0.717, 1.165) is 16.8 Å². The van der Waals surface area contributed by atoms with E-state index in [1.807, 2.05) is 55.5 Å². The Morgan fingerprint density at radius 1 is 1.05 bits per heavy atom. The van der Waals surface area contributed by atoms with Gasteiger partial charge in [-0.1, -0.05) is 50.2 Å². The Hall–Kier alpha value is -2.29. The van der Waals surface area contributed by atoms with E-state index in [4.69, 9.17) is 5.73 Å². The van der Waals surface area contributed by atoms with Gasteiger partial charge in [-0.15, -0.1) is 0 Å². The van der Waals surface area contributed by atoms with Crippen LogP contribution in [-0.2, 0) is 4.79 Å². The summed E-state index contributed by atoms with van der Waals surface area (Å²) < 4.78 is 0. The molecule has 0 aliphatic rings. The lowest BCUT2D eigenvalue weighted by molar-refractivity contribution is -0.118. The molecular formula is C18H22N2O. The third kappa shape index (κ3) is 3.85. The fourth-order valence-corrected chi connectivity index (χ4v) is 2.29. The number of nitrogens with one attached hydrogen (secondary N) is 1. The Bertz CT molecular complexity index is 617. The smallest absolute Gasteiger partial charge is 0.244 e. The van der Waals surface area contributed by atoms with Gasteiger partial charge in [0.1, 0.15) is 6.04 Å². The van der Waals surface area contributed by atoms with E-state index in [1.165, 1.54) is 5.56 Å². The van der Waals surface area contributed by atoms with E-state index >= 15 is 0 Å². The molecule has 0 fully saturated rings. The summed E-state index contributed by atoms with van der Waals surface area (Å²) >= 11 is 0. The van der Waals surface area contributed by atoms with Crippen molar-refractivity contribution in [1.29, 1.82) is 0 Å². The van der Waals surface area contributed by atoms with Crippen LogP contribution < -0.4 is 11.1 Å². The van der Waals surface area contributed by atoms with E-state index in [1.54, 1.807) is 0 Å². The summed E-state index contributed by atoms with van der Waals surface area (Å²) in [6.07, 6.45) is 0. The van der Waals surface area contributed by atoms with Crippen molar-refractivity contribution < 1.29 is 4.79 Å². The molecular weight excluding hydrogens is 260 g/mol. The standard InChI is InChI=1S/C18H22N2O/c1-12(2)14-7-9-15(10-8-14)17(18(19)21)20-16-6-4-5-13(3)11-16/h4-12,17,20H,1-3H3,(H2,19,21). The number of amides is 1. The summed E-state index contributed by atoms with van der Waals surface area (Å²) in [5.74, 6) is 0.0876. The first-order valence-electron chi connectivity index (χ1n) is 7.19. The molecule has 1 atom stereocenters. The minimum Gasteiger partial charge on any atom is -0.370 e. The van der Waals surface area contributed by atoms with E-state index in [9.17, 15) is 4.79 Å². The topological polar surface area (TPSA) is 55.1 Å². The van der Waals surface area contributed by atoms with Crippen LogP contribution in [-0.4, -0.2) is 5.91 Å². The number of hydrogen-bond acceptors (Lipinski definition) is 2. The van der Waals surface area contributed by atoms with Crippen LogP contribution in [0.3, 0.4) is 0 Å². The Balaban J connectivity index is 2.24. The second-order valence-corrected chi connectivity index (χ2v) is 5.67. The summed E-state index contributed by atoms with van der Waals surface area (Å²) in [7, 11) is 0. The van der Waals surface area contributed by atoms with Crippen LogP contribution >= 0.6 is 0 Å². The van der Waals surface area contributed by atoms with Gasteiger partial charge in [0, 0.05) is 5.69 Å². The van der Waals surface area contributed by atoms with Crippen molar-refractivity contribution in [3.63, 3.8) is 0 Å². The molecule has 21 heavy (non-hydrogen) atoms. The van der Waals surface area contributed by atoms with Crippen molar-refractivity contribution in [2.45, 2.75) is 32.7 Å². The van der Waals surface area contributed by atoms with Crippen molar-refractivity contribution in [2.75, 3.05) is 5.32 Å². The quantitative estimate of drug-likeness (QED) is 0.877. The molecule has 1 unspecified atom stereocenters. The van der Waals surface area contributed by atoms with Crippen molar-refractivity contribution >= 4 is 11.6 Å². The molecule has 0 saturated heterocycles. The Labute approximate surface area is 126 Å². The van der Waals surface area contributed by atoms with E-state index < -0.39 is 6.04 Å². The number of hydrogen-bond donors (Lipinski definition) is 2. The van der Waals surface area contributed by atoms with Gasteiger partial charge in [-0.2, -0.15) is 0 Å². The molecule has 1 amide bonds. The fraction of sp³-hybridized carbons (Fsp3) is 0.278. The van der Waals surface area contributed by atoms with E-state index in [2.05, 4.69) is 19.2 Å². The summed E-state index contributed by atoms with van der Waals surface area (Å²) in [4.78, 5) is 11.8. The number of aryl methyl sites for hydroxylation is 1. The summed E-state index contributed by atoms with van der Waals surface area (Å²) in [6.45, 7) is 6.30. The SMILES string of the molecule is Cc1cccc(NC(C(N)=O)c2ccc(C(C)C)cc2)c1. The highest BCUT2D eigenvalue weighted by Crippen LogP contribution is 2.22. The summed E-state index contributed by atoms with van der Waals surface area (Å²) in [5, 5.41) is 3.21. The van der Waals surface area contributed by atoms with Crippen molar-refractivity contribution in [1.82, 2.24) is 0 Å². The molecule has 3 heteroatoms. The van der Waals surface area contributed by atoms with Crippen molar-refractivity contribution in [3.05, 3.63) is 65.2 Å². The Morgan fingerprint density at radius 2 is 1.67 bits per heavy atom. The monoisotopic (exact) mass is 282 g/mol. The summed E-state index contributed by atoms with van der Waals surface area (Å²) in [6, 6.07) is 15.4. The van der Waals surface area contributed by atoms with Crippen LogP contribution in [0.15, 0.2) is 48.5 Å². The zero-order valence-electron chi connectivity index (χ0n) is 12.8. The third-order valence-electron chi connectivity index (χ3n) is 3.55. The van der Waals surface area contributed by atoms with Crippen molar-refractivity contribution in [2.24, 2.45) is 5.73 Å². The molecule has 2 aromatic carbocycles. The first-order chi connectivity index (χ1) is 9.97. The maximum Gasteiger partial charge on any atom is 0.244 e. The molecule has 0 aliphatic carbocycles. The zero-order valence-corrected chi connectivity index (χ0v) is 12.8. The molecule has 2 aromatic rings. The first-order valence-corrected chi connectivity index (χ1v) is 7.19. The Morgan fingerprint density at radius 3 is 2.19 bits per heavy atom. The minimum atomic E-state index is -0.520. The van der Waals surface area contributed by atoms with Gasteiger partial charge in [0.25, 0.3) is 0 Å². The third-order valence-corrected chi connectivity index (χ3v) is 3.55. The lowest BCUT2D eigenvalue weighted by atomic mass is 9.98. The molecule has 0 heterocycles. The lowest BCUT2D eigenvalue weighted by Crippen LogP contribution is -2.27. The number of anilines is 1. The molecule has 0 aliphatic heterocycles. The Kier molecular flexibility index (Phi) is 4.63. The molecule has 0 bridgehead atoms. The van der Waals surface area contributed by atoms with Gasteiger partial charge in [-0.25, -0.2) is 0 Å². The van der Waals surface area contributed by atoms with Gasteiger partial charge in [0.05, 0.1) is 0 Å². The predicted molar refractivity (Wildman–Crippen MR) is 87.3 cm³/mol. The highest BCUT2D eigenvalue weighted by Gasteiger charge is 2.17. The second-order valence-electron chi connectivity index (χ2n) is 5.67. The van der Waals surface area contributed by atoms with Gasteiger partial charge in [-0.3, -0.25) is 4.79 Å². The van der Waals surface area contributed by atoms with Gasteiger partial charge in [0.15, 0.2) is 0 Å². The number of carbonyl (C=O) groups is 1. The zero-order chi connectivity index (χ0) is 15.4. The normalized spacial score (nSPS) is 12.2. The minimum absolute atomic E-state index is 0.381. The molecule has 0 radical (unpaired) electrons. The maximum absolute atomic E-state index is 11.8. The number of rotatable bonds is 5. The molecule has 110 valence electrons. The highest BCUT2D eigenvalue weighted by atomic mass is 16.1.